The van der Waals surface area contributed by atoms with Crippen molar-refractivity contribution in [2.75, 3.05) is 19.6 Å². The predicted molar refractivity (Wildman–Crippen MR) is 120 cm³/mol. The third-order valence-corrected chi connectivity index (χ3v) is 5.64. The van der Waals surface area contributed by atoms with Gasteiger partial charge >= 0.3 is 5.97 Å². The second kappa shape index (κ2) is 10.4. The van der Waals surface area contributed by atoms with E-state index < -0.39 is 0 Å². The Morgan fingerprint density at radius 1 is 1.07 bits per heavy atom. The zero-order valence-corrected chi connectivity index (χ0v) is 17.9. The van der Waals surface area contributed by atoms with Crippen molar-refractivity contribution in [2.45, 2.75) is 52.4 Å². The van der Waals surface area contributed by atoms with Crippen LogP contribution in [0.1, 0.15) is 50.2 Å². The highest BCUT2D eigenvalue weighted by Crippen LogP contribution is 2.27. The van der Waals surface area contributed by atoms with Crippen molar-refractivity contribution in [1.82, 2.24) is 4.90 Å². The van der Waals surface area contributed by atoms with E-state index in [9.17, 15) is 4.79 Å². The summed E-state index contributed by atoms with van der Waals surface area (Å²) in [4.78, 5) is 14.6. The van der Waals surface area contributed by atoms with Crippen molar-refractivity contribution in [3.63, 3.8) is 0 Å². The second-order valence-electron chi connectivity index (χ2n) is 8.11. The van der Waals surface area contributed by atoms with Crippen LogP contribution in [-0.4, -0.2) is 30.5 Å². The summed E-state index contributed by atoms with van der Waals surface area (Å²) in [5, 5.41) is 0. The smallest absolute Gasteiger partial charge is 0.340 e. The van der Waals surface area contributed by atoms with Crippen LogP contribution in [0.4, 0.5) is 0 Å². The number of carbonyl (C=O) groups excluding carboxylic acids is 1. The lowest BCUT2D eigenvalue weighted by Crippen LogP contribution is -2.26. The van der Waals surface area contributed by atoms with Gasteiger partial charge in [-0.1, -0.05) is 56.7 Å². The molecule has 0 amide bonds. The standard InChI is InChI=1S/C26H33NO2/c1-4-5-6-9-22-10-15-25(20(2)18-22)23-11-13-24(14-12-23)29-26(28)21(3)19-27-16-7-8-17-27/h10-15,18H,3-9,16-17,19H2,1-2H3. The van der Waals surface area contributed by atoms with Crippen molar-refractivity contribution in [3.05, 3.63) is 65.7 Å². The molecule has 3 nitrogen and oxygen atoms in total. The Hall–Kier alpha value is -2.39. The van der Waals surface area contributed by atoms with Crippen molar-refractivity contribution in [3.8, 4) is 16.9 Å². The van der Waals surface area contributed by atoms with E-state index in [0.29, 0.717) is 17.9 Å². The SMILES string of the molecule is C=C(CN1CCCC1)C(=O)Oc1ccc(-c2ccc(CCCCC)cc2C)cc1. The van der Waals surface area contributed by atoms with Gasteiger partial charge in [0, 0.05) is 12.1 Å². The minimum Gasteiger partial charge on any atom is -0.423 e. The van der Waals surface area contributed by atoms with E-state index >= 15 is 0 Å². The van der Waals surface area contributed by atoms with Crippen LogP contribution in [0.2, 0.25) is 0 Å². The molecule has 0 atom stereocenters. The van der Waals surface area contributed by atoms with Crippen LogP contribution in [0.15, 0.2) is 54.6 Å². The fraction of sp³-hybridized carbons (Fsp3) is 0.423. The molecule has 3 rings (SSSR count). The van der Waals surface area contributed by atoms with Gasteiger partial charge in [-0.05, 0) is 80.1 Å². The fourth-order valence-electron chi connectivity index (χ4n) is 3.94. The number of unbranched alkanes of at least 4 members (excludes halogenated alkanes) is 2. The largest absolute Gasteiger partial charge is 0.423 e. The van der Waals surface area contributed by atoms with Crippen LogP contribution < -0.4 is 4.74 Å². The van der Waals surface area contributed by atoms with Crippen LogP contribution in [-0.2, 0) is 11.2 Å². The van der Waals surface area contributed by atoms with E-state index in [1.165, 1.54) is 48.8 Å². The summed E-state index contributed by atoms with van der Waals surface area (Å²) in [7, 11) is 0. The van der Waals surface area contributed by atoms with Crippen LogP contribution in [0.3, 0.4) is 0 Å². The summed E-state index contributed by atoms with van der Waals surface area (Å²) in [5.74, 6) is 0.229. The van der Waals surface area contributed by atoms with Crippen LogP contribution in [0, 0.1) is 6.92 Å². The van der Waals surface area contributed by atoms with Gasteiger partial charge in [0.1, 0.15) is 5.75 Å². The molecule has 29 heavy (non-hydrogen) atoms. The molecule has 2 aromatic carbocycles. The Labute approximate surface area is 175 Å². The third-order valence-electron chi connectivity index (χ3n) is 5.64. The minimum atomic E-state index is -0.336. The number of hydrogen-bond acceptors (Lipinski definition) is 3. The first-order valence-electron chi connectivity index (χ1n) is 10.9. The van der Waals surface area contributed by atoms with Crippen molar-refractivity contribution < 1.29 is 9.53 Å². The van der Waals surface area contributed by atoms with Crippen molar-refractivity contribution in [2.24, 2.45) is 0 Å². The van der Waals surface area contributed by atoms with Gasteiger partial charge in [-0.2, -0.15) is 0 Å². The molecule has 0 unspecified atom stereocenters. The molecule has 0 aromatic heterocycles. The number of likely N-dealkylation sites (tertiary alicyclic amines) is 1. The zero-order valence-electron chi connectivity index (χ0n) is 17.9. The maximum atomic E-state index is 12.3. The number of nitrogens with zero attached hydrogens (tertiary/aromatic N) is 1. The van der Waals surface area contributed by atoms with E-state index in [0.717, 1.165) is 25.1 Å². The Balaban J connectivity index is 1.59. The fourth-order valence-corrected chi connectivity index (χ4v) is 3.94. The van der Waals surface area contributed by atoms with Crippen molar-refractivity contribution in [1.29, 1.82) is 0 Å². The van der Waals surface area contributed by atoms with Gasteiger partial charge in [-0.25, -0.2) is 4.79 Å². The van der Waals surface area contributed by atoms with Crippen LogP contribution in [0.5, 0.6) is 5.75 Å². The first-order valence-corrected chi connectivity index (χ1v) is 10.9. The number of aryl methyl sites for hydroxylation is 2. The molecule has 0 bridgehead atoms. The number of carbonyl (C=O) groups is 1. The number of esters is 1. The maximum absolute atomic E-state index is 12.3. The summed E-state index contributed by atoms with van der Waals surface area (Å²) in [6, 6.07) is 14.5. The van der Waals surface area contributed by atoms with Gasteiger partial charge in [0.15, 0.2) is 0 Å². The molecule has 0 N–H and O–H groups in total. The molecule has 1 aliphatic heterocycles. The second-order valence-corrected chi connectivity index (χ2v) is 8.11. The number of rotatable bonds is 9. The summed E-state index contributed by atoms with van der Waals surface area (Å²) in [6.45, 7) is 11.0. The Morgan fingerprint density at radius 2 is 1.79 bits per heavy atom. The molecule has 1 saturated heterocycles. The lowest BCUT2D eigenvalue weighted by Gasteiger charge is -2.15. The molecule has 3 heteroatoms. The molecule has 1 fully saturated rings. The zero-order chi connectivity index (χ0) is 20.6. The Morgan fingerprint density at radius 3 is 2.45 bits per heavy atom. The summed E-state index contributed by atoms with van der Waals surface area (Å²) in [5.41, 5.74) is 5.56. The molecule has 0 spiro atoms. The summed E-state index contributed by atoms with van der Waals surface area (Å²) >= 11 is 0. The third kappa shape index (κ3) is 6.04. The van der Waals surface area contributed by atoms with E-state index in [2.05, 4.69) is 43.5 Å². The monoisotopic (exact) mass is 391 g/mol. The maximum Gasteiger partial charge on any atom is 0.340 e. The van der Waals surface area contributed by atoms with Gasteiger partial charge in [0.25, 0.3) is 0 Å². The van der Waals surface area contributed by atoms with E-state index in [-0.39, 0.29) is 5.97 Å². The quantitative estimate of drug-likeness (QED) is 0.229. The summed E-state index contributed by atoms with van der Waals surface area (Å²) < 4.78 is 5.52. The topological polar surface area (TPSA) is 29.5 Å². The number of ether oxygens (including phenoxy) is 1. The first kappa shape index (κ1) is 21.3. The predicted octanol–water partition coefficient (Wildman–Crippen LogP) is 5.95. The van der Waals surface area contributed by atoms with Crippen LogP contribution >= 0.6 is 0 Å². The molecule has 154 valence electrons. The minimum absolute atomic E-state index is 0.336. The molecule has 0 saturated carbocycles. The molecular weight excluding hydrogens is 358 g/mol. The molecule has 0 radical (unpaired) electrons. The Kier molecular flexibility index (Phi) is 7.65. The molecular formula is C26H33NO2. The van der Waals surface area contributed by atoms with Crippen LogP contribution in [0.25, 0.3) is 11.1 Å². The number of hydrogen-bond donors (Lipinski definition) is 0. The highest BCUT2D eigenvalue weighted by atomic mass is 16.5. The lowest BCUT2D eigenvalue weighted by molar-refractivity contribution is -0.130. The van der Waals surface area contributed by atoms with Gasteiger partial charge in [0.2, 0.25) is 0 Å². The average Bonchev–Trinajstić information content (AvgIpc) is 3.22. The normalized spacial score (nSPS) is 14.1. The van der Waals surface area contributed by atoms with Gasteiger partial charge in [0.05, 0.1) is 0 Å². The Bertz CT molecular complexity index is 832. The lowest BCUT2D eigenvalue weighted by atomic mass is 9.96. The highest BCUT2D eigenvalue weighted by molar-refractivity contribution is 5.90. The average molecular weight is 392 g/mol. The number of benzene rings is 2. The van der Waals surface area contributed by atoms with E-state index in [4.69, 9.17) is 4.74 Å². The summed E-state index contributed by atoms with van der Waals surface area (Å²) in [6.07, 6.45) is 7.32. The van der Waals surface area contributed by atoms with Gasteiger partial charge in [-0.15, -0.1) is 0 Å². The highest BCUT2D eigenvalue weighted by Gasteiger charge is 2.17. The van der Waals surface area contributed by atoms with Gasteiger partial charge < -0.3 is 4.74 Å². The molecule has 2 aromatic rings. The first-order chi connectivity index (χ1) is 14.1. The van der Waals surface area contributed by atoms with Crippen molar-refractivity contribution >= 4 is 5.97 Å². The van der Waals surface area contributed by atoms with E-state index in [1.54, 1.807) is 0 Å². The molecule has 1 aliphatic rings. The van der Waals surface area contributed by atoms with Gasteiger partial charge in [-0.3, -0.25) is 4.90 Å². The molecule has 1 heterocycles. The molecule has 0 aliphatic carbocycles. The van der Waals surface area contributed by atoms with E-state index in [1.807, 2.05) is 24.3 Å².